The molecule has 0 aliphatic rings. The number of aromatic nitrogens is 3. The van der Waals surface area contributed by atoms with Crippen LogP contribution in [0.3, 0.4) is 0 Å². The van der Waals surface area contributed by atoms with Crippen LogP contribution in [0.15, 0.2) is 0 Å². The standard InChI is InChI=1S/C14H21N3O3/c1-8-10(5-6-14(3,19)7-18)12-11(15-17-16-12)9(2)13(8)20-4/h18-19H,5-7H2,1-4H3,(H,15,16,17). The molecule has 1 unspecified atom stereocenters. The maximum Gasteiger partial charge on any atom is 0.127 e. The van der Waals surface area contributed by atoms with Gasteiger partial charge in [-0.05, 0) is 44.7 Å². The molecule has 2 rings (SSSR count). The molecule has 6 nitrogen and oxygen atoms in total. The van der Waals surface area contributed by atoms with Crippen LogP contribution in [-0.2, 0) is 6.42 Å². The smallest absolute Gasteiger partial charge is 0.127 e. The van der Waals surface area contributed by atoms with E-state index in [1.54, 1.807) is 14.0 Å². The van der Waals surface area contributed by atoms with Crippen molar-refractivity contribution < 1.29 is 14.9 Å². The van der Waals surface area contributed by atoms with Crippen LogP contribution in [0.25, 0.3) is 11.0 Å². The molecule has 0 radical (unpaired) electrons. The number of benzene rings is 1. The molecule has 0 fully saturated rings. The van der Waals surface area contributed by atoms with Crippen LogP contribution in [0, 0.1) is 13.8 Å². The number of aryl methyl sites for hydroxylation is 2. The lowest BCUT2D eigenvalue weighted by Gasteiger charge is -2.21. The molecule has 1 aromatic heterocycles. The Labute approximate surface area is 117 Å². The number of methoxy groups -OCH3 is 1. The minimum Gasteiger partial charge on any atom is -0.496 e. The second-order valence-corrected chi connectivity index (χ2v) is 5.44. The first-order valence-electron chi connectivity index (χ1n) is 6.61. The summed E-state index contributed by atoms with van der Waals surface area (Å²) in [6.07, 6.45) is 1.04. The van der Waals surface area contributed by atoms with Crippen molar-refractivity contribution in [3.05, 3.63) is 16.7 Å². The summed E-state index contributed by atoms with van der Waals surface area (Å²) in [5.74, 6) is 0.796. The van der Waals surface area contributed by atoms with Crippen molar-refractivity contribution in [2.45, 2.75) is 39.2 Å². The molecule has 0 bridgehead atoms. The molecule has 2 aromatic rings. The predicted octanol–water partition coefficient (Wildman–Crippen LogP) is 1.26. The summed E-state index contributed by atoms with van der Waals surface area (Å²) in [5, 5.41) is 30.1. The van der Waals surface area contributed by atoms with Crippen LogP contribution in [0.4, 0.5) is 0 Å². The summed E-state index contributed by atoms with van der Waals surface area (Å²) < 4.78 is 5.46. The molecule has 110 valence electrons. The predicted molar refractivity (Wildman–Crippen MR) is 75.9 cm³/mol. The van der Waals surface area contributed by atoms with Gasteiger partial charge in [0, 0.05) is 5.56 Å². The Morgan fingerprint density at radius 3 is 2.45 bits per heavy atom. The topological polar surface area (TPSA) is 91.3 Å². The quantitative estimate of drug-likeness (QED) is 0.766. The SMILES string of the molecule is COc1c(C)c(CCC(C)(O)CO)c2n[nH]nc2c1C. The van der Waals surface area contributed by atoms with Crippen molar-refractivity contribution in [2.75, 3.05) is 13.7 Å². The summed E-state index contributed by atoms with van der Waals surface area (Å²) >= 11 is 0. The number of H-pyrrole nitrogens is 1. The highest BCUT2D eigenvalue weighted by Gasteiger charge is 2.23. The molecular weight excluding hydrogens is 258 g/mol. The molecule has 0 saturated heterocycles. The lowest BCUT2D eigenvalue weighted by Crippen LogP contribution is -2.29. The normalized spacial score (nSPS) is 14.5. The number of nitrogens with zero attached hydrogens (tertiary/aromatic N) is 2. The Kier molecular flexibility index (Phi) is 3.96. The van der Waals surface area contributed by atoms with Gasteiger partial charge in [-0.15, -0.1) is 0 Å². The van der Waals surface area contributed by atoms with Gasteiger partial charge < -0.3 is 14.9 Å². The first kappa shape index (κ1) is 14.7. The summed E-state index contributed by atoms with van der Waals surface area (Å²) in [4.78, 5) is 0. The Morgan fingerprint density at radius 2 is 1.85 bits per heavy atom. The van der Waals surface area contributed by atoms with Crippen molar-refractivity contribution in [1.29, 1.82) is 0 Å². The van der Waals surface area contributed by atoms with Crippen LogP contribution in [0.2, 0.25) is 0 Å². The van der Waals surface area contributed by atoms with Gasteiger partial charge >= 0.3 is 0 Å². The molecule has 1 aromatic carbocycles. The lowest BCUT2D eigenvalue weighted by molar-refractivity contribution is -0.00471. The van der Waals surface area contributed by atoms with Gasteiger partial charge in [0.25, 0.3) is 0 Å². The highest BCUT2D eigenvalue weighted by molar-refractivity contribution is 5.85. The van der Waals surface area contributed by atoms with Gasteiger partial charge in [0.1, 0.15) is 16.8 Å². The third-order valence-corrected chi connectivity index (χ3v) is 3.78. The Bertz CT molecular complexity index is 620. The zero-order valence-electron chi connectivity index (χ0n) is 12.3. The molecule has 3 N–H and O–H groups in total. The molecule has 0 aliphatic heterocycles. The second kappa shape index (κ2) is 5.38. The van der Waals surface area contributed by atoms with E-state index in [9.17, 15) is 5.11 Å². The van der Waals surface area contributed by atoms with Gasteiger partial charge in [-0.25, -0.2) is 0 Å². The third-order valence-electron chi connectivity index (χ3n) is 3.78. The van der Waals surface area contributed by atoms with Crippen molar-refractivity contribution in [3.63, 3.8) is 0 Å². The van der Waals surface area contributed by atoms with E-state index in [1.807, 2.05) is 13.8 Å². The molecule has 0 spiro atoms. The number of fused-ring (bicyclic) bond motifs is 1. The average molecular weight is 279 g/mol. The molecule has 0 saturated carbocycles. The van der Waals surface area contributed by atoms with Gasteiger partial charge in [-0.2, -0.15) is 15.4 Å². The lowest BCUT2D eigenvalue weighted by atomic mass is 9.92. The fraction of sp³-hybridized carbons (Fsp3) is 0.571. The van der Waals surface area contributed by atoms with E-state index in [1.165, 1.54) is 0 Å². The Hall–Kier alpha value is -1.66. The Balaban J connectivity index is 2.49. The number of aromatic amines is 1. The molecule has 1 atom stereocenters. The van der Waals surface area contributed by atoms with E-state index in [2.05, 4.69) is 15.4 Å². The van der Waals surface area contributed by atoms with Crippen LogP contribution >= 0.6 is 0 Å². The summed E-state index contributed by atoms with van der Waals surface area (Å²) in [7, 11) is 1.63. The summed E-state index contributed by atoms with van der Waals surface area (Å²) in [6.45, 7) is 5.28. The minimum absolute atomic E-state index is 0.267. The highest BCUT2D eigenvalue weighted by Crippen LogP contribution is 2.34. The van der Waals surface area contributed by atoms with Crippen LogP contribution in [0.5, 0.6) is 5.75 Å². The maximum absolute atomic E-state index is 9.95. The number of aliphatic hydroxyl groups is 2. The summed E-state index contributed by atoms with van der Waals surface area (Å²) in [5.41, 5.74) is 3.43. The number of ether oxygens (including phenoxy) is 1. The fourth-order valence-electron chi connectivity index (χ4n) is 2.49. The van der Waals surface area contributed by atoms with Gasteiger partial charge in [0.15, 0.2) is 0 Å². The van der Waals surface area contributed by atoms with Gasteiger partial charge in [-0.1, -0.05) is 0 Å². The van der Waals surface area contributed by atoms with E-state index in [0.29, 0.717) is 12.8 Å². The molecule has 20 heavy (non-hydrogen) atoms. The fourth-order valence-corrected chi connectivity index (χ4v) is 2.49. The van der Waals surface area contributed by atoms with E-state index in [-0.39, 0.29) is 6.61 Å². The van der Waals surface area contributed by atoms with Crippen LogP contribution in [0.1, 0.15) is 30.0 Å². The van der Waals surface area contributed by atoms with E-state index in [4.69, 9.17) is 9.84 Å². The number of rotatable bonds is 5. The van der Waals surface area contributed by atoms with E-state index < -0.39 is 5.60 Å². The number of nitrogens with one attached hydrogen (secondary N) is 1. The highest BCUT2D eigenvalue weighted by atomic mass is 16.5. The maximum atomic E-state index is 9.95. The number of hydrogen-bond acceptors (Lipinski definition) is 5. The monoisotopic (exact) mass is 279 g/mol. The van der Waals surface area contributed by atoms with Crippen molar-refractivity contribution in [2.24, 2.45) is 0 Å². The van der Waals surface area contributed by atoms with Crippen molar-refractivity contribution in [3.8, 4) is 5.75 Å². The largest absolute Gasteiger partial charge is 0.496 e. The van der Waals surface area contributed by atoms with Crippen molar-refractivity contribution >= 4 is 11.0 Å². The zero-order chi connectivity index (χ0) is 14.9. The minimum atomic E-state index is -1.10. The third kappa shape index (κ3) is 2.48. The second-order valence-electron chi connectivity index (χ2n) is 5.44. The van der Waals surface area contributed by atoms with Gasteiger partial charge in [0.05, 0.1) is 19.3 Å². The Morgan fingerprint density at radius 1 is 1.20 bits per heavy atom. The van der Waals surface area contributed by atoms with Crippen LogP contribution < -0.4 is 4.74 Å². The first-order valence-corrected chi connectivity index (χ1v) is 6.61. The van der Waals surface area contributed by atoms with E-state index in [0.717, 1.165) is 33.5 Å². The van der Waals surface area contributed by atoms with Gasteiger partial charge in [0.2, 0.25) is 0 Å². The first-order chi connectivity index (χ1) is 9.41. The zero-order valence-corrected chi connectivity index (χ0v) is 12.3. The molecule has 1 heterocycles. The number of aliphatic hydroxyl groups excluding tert-OH is 1. The molecular formula is C14H21N3O3. The van der Waals surface area contributed by atoms with E-state index >= 15 is 0 Å². The molecule has 0 aliphatic carbocycles. The van der Waals surface area contributed by atoms with Gasteiger partial charge in [-0.3, -0.25) is 0 Å². The van der Waals surface area contributed by atoms with Crippen LogP contribution in [-0.4, -0.2) is 44.9 Å². The molecule has 6 heteroatoms. The number of hydrogen-bond donors (Lipinski definition) is 3. The van der Waals surface area contributed by atoms with Crippen molar-refractivity contribution in [1.82, 2.24) is 15.4 Å². The average Bonchev–Trinajstić information content (AvgIpc) is 2.88. The molecule has 0 amide bonds. The summed E-state index contributed by atoms with van der Waals surface area (Å²) in [6, 6.07) is 0.